The normalized spacial score (nSPS) is 16.6. The van der Waals surface area contributed by atoms with Crippen molar-refractivity contribution in [1.82, 2.24) is 9.97 Å². The van der Waals surface area contributed by atoms with Crippen molar-refractivity contribution in [2.75, 3.05) is 11.1 Å². The predicted octanol–water partition coefficient (Wildman–Crippen LogP) is 5.71. The molecule has 1 aliphatic carbocycles. The lowest BCUT2D eigenvalue weighted by Crippen LogP contribution is -2.26. The van der Waals surface area contributed by atoms with E-state index >= 15 is 0 Å². The molecule has 1 atom stereocenters. The maximum atomic E-state index is 13.0. The fourth-order valence-corrected chi connectivity index (χ4v) is 5.95. The molecule has 0 saturated heterocycles. The highest BCUT2D eigenvalue weighted by Gasteiger charge is 2.31. The summed E-state index contributed by atoms with van der Waals surface area (Å²) in [4.78, 5) is 23.7. The van der Waals surface area contributed by atoms with Crippen molar-refractivity contribution >= 4 is 44.9 Å². The number of benzene rings is 1. The minimum Gasteiger partial charge on any atom is -0.325 e. The van der Waals surface area contributed by atoms with Crippen LogP contribution in [0.15, 0.2) is 35.6 Å². The van der Waals surface area contributed by atoms with Crippen LogP contribution in [-0.2, 0) is 17.6 Å². The van der Waals surface area contributed by atoms with Crippen LogP contribution < -0.4 is 5.32 Å². The zero-order valence-electron chi connectivity index (χ0n) is 16.8. The van der Waals surface area contributed by atoms with Crippen molar-refractivity contribution in [3.63, 3.8) is 0 Å². The third-order valence-corrected chi connectivity index (χ3v) is 7.66. The van der Waals surface area contributed by atoms with E-state index < -0.39 is 0 Å². The first-order valence-corrected chi connectivity index (χ1v) is 11.5. The van der Waals surface area contributed by atoms with Crippen LogP contribution >= 0.6 is 23.1 Å². The fraction of sp³-hybridized carbons (Fsp3) is 0.409. The van der Waals surface area contributed by atoms with Gasteiger partial charge in [-0.3, -0.25) is 4.79 Å². The van der Waals surface area contributed by atoms with Gasteiger partial charge in [0, 0.05) is 16.0 Å². The summed E-state index contributed by atoms with van der Waals surface area (Å²) in [5.74, 6) is 0.467. The summed E-state index contributed by atoms with van der Waals surface area (Å²) < 4.78 is 13.0. The number of hydrogen-bond acceptors (Lipinski definition) is 5. The number of aryl methyl sites for hydroxylation is 1. The van der Waals surface area contributed by atoms with Crippen molar-refractivity contribution in [2.45, 2.75) is 45.1 Å². The molecule has 0 fully saturated rings. The van der Waals surface area contributed by atoms with Gasteiger partial charge in [0.2, 0.25) is 5.91 Å². The van der Waals surface area contributed by atoms with Gasteiger partial charge in [-0.1, -0.05) is 32.5 Å². The van der Waals surface area contributed by atoms with Gasteiger partial charge in [-0.2, -0.15) is 0 Å². The lowest BCUT2D eigenvalue weighted by molar-refractivity contribution is -0.113. The SMILES string of the molecule is CC(C)(C)[C@H]1CCc2c(sc3ncnc(SCC(=O)Nc4ccc(F)cc4)c23)C1. The third kappa shape index (κ3) is 4.46. The summed E-state index contributed by atoms with van der Waals surface area (Å²) in [6.07, 6.45) is 4.90. The number of thiophene rings is 1. The van der Waals surface area contributed by atoms with Gasteiger partial charge >= 0.3 is 0 Å². The first-order chi connectivity index (χ1) is 13.8. The van der Waals surface area contributed by atoms with Gasteiger partial charge in [0.15, 0.2) is 0 Å². The van der Waals surface area contributed by atoms with Crippen LogP contribution in [0.4, 0.5) is 10.1 Å². The van der Waals surface area contributed by atoms with Crippen LogP contribution in [0.5, 0.6) is 0 Å². The molecule has 1 aromatic carbocycles. The van der Waals surface area contributed by atoms with Crippen molar-refractivity contribution in [3.8, 4) is 0 Å². The Labute approximate surface area is 178 Å². The number of carbonyl (C=O) groups is 1. The van der Waals surface area contributed by atoms with E-state index in [1.54, 1.807) is 29.8 Å². The fourth-order valence-electron chi connectivity index (χ4n) is 3.79. The Kier molecular flexibility index (Phi) is 5.62. The van der Waals surface area contributed by atoms with Crippen molar-refractivity contribution in [2.24, 2.45) is 11.3 Å². The number of thioether (sulfide) groups is 1. The molecule has 7 heteroatoms. The van der Waals surface area contributed by atoms with E-state index in [1.165, 1.54) is 40.8 Å². The van der Waals surface area contributed by atoms with E-state index in [0.717, 1.165) is 28.1 Å². The Bertz CT molecular complexity index is 1040. The molecule has 0 unspecified atom stereocenters. The van der Waals surface area contributed by atoms with Crippen LogP contribution in [0.3, 0.4) is 0 Å². The van der Waals surface area contributed by atoms with E-state index in [0.29, 0.717) is 17.0 Å². The van der Waals surface area contributed by atoms with Crippen LogP contribution in [0.25, 0.3) is 10.2 Å². The molecule has 2 aromatic heterocycles. The molecule has 3 aromatic rings. The zero-order chi connectivity index (χ0) is 20.6. The Morgan fingerprint density at radius 2 is 2.03 bits per heavy atom. The molecular weight excluding hydrogens is 405 g/mol. The first-order valence-electron chi connectivity index (χ1n) is 9.74. The van der Waals surface area contributed by atoms with Gasteiger partial charge in [-0.15, -0.1) is 11.3 Å². The summed E-state index contributed by atoms with van der Waals surface area (Å²) in [5, 5.41) is 4.79. The number of aromatic nitrogens is 2. The molecule has 4 rings (SSSR count). The summed E-state index contributed by atoms with van der Waals surface area (Å²) in [5.41, 5.74) is 2.26. The number of anilines is 1. The lowest BCUT2D eigenvalue weighted by Gasteiger charge is -2.33. The second kappa shape index (κ2) is 8.03. The third-order valence-electron chi connectivity index (χ3n) is 5.50. The zero-order valence-corrected chi connectivity index (χ0v) is 18.4. The Morgan fingerprint density at radius 1 is 1.28 bits per heavy atom. The standard InChI is InChI=1S/C22H24FN3OS2/c1-22(2,3)13-4-9-16-17(10-13)29-21-19(16)20(24-12-25-21)28-11-18(27)26-15-7-5-14(23)6-8-15/h5-8,12-13H,4,9-11H2,1-3H3,(H,26,27)/t13-/m0/s1. The largest absolute Gasteiger partial charge is 0.325 e. The molecule has 29 heavy (non-hydrogen) atoms. The second-order valence-electron chi connectivity index (χ2n) is 8.51. The molecule has 1 amide bonds. The first kappa shape index (κ1) is 20.3. The quantitative estimate of drug-likeness (QED) is 0.426. The van der Waals surface area contributed by atoms with E-state index in [2.05, 4.69) is 36.1 Å². The van der Waals surface area contributed by atoms with Crippen LogP contribution in [-0.4, -0.2) is 21.6 Å². The Balaban J connectivity index is 1.50. The van der Waals surface area contributed by atoms with Gasteiger partial charge in [0.25, 0.3) is 0 Å². The van der Waals surface area contributed by atoms with Gasteiger partial charge in [0.1, 0.15) is 22.0 Å². The summed E-state index contributed by atoms with van der Waals surface area (Å²) in [6, 6.07) is 5.78. The molecule has 0 bridgehead atoms. The smallest absolute Gasteiger partial charge is 0.234 e. The summed E-state index contributed by atoms with van der Waals surface area (Å²) >= 11 is 3.21. The molecule has 4 nitrogen and oxygen atoms in total. The number of hydrogen-bond donors (Lipinski definition) is 1. The van der Waals surface area contributed by atoms with Crippen LogP contribution in [0.2, 0.25) is 0 Å². The van der Waals surface area contributed by atoms with E-state index in [9.17, 15) is 9.18 Å². The molecule has 0 radical (unpaired) electrons. The molecule has 152 valence electrons. The van der Waals surface area contributed by atoms with Crippen molar-refractivity contribution in [1.29, 1.82) is 0 Å². The average Bonchev–Trinajstić information content (AvgIpc) is 3.06. The minimum atomic E-state index is -0.323. The minimum absolute atomic E-state index is 0.134. The molecule has 0 spiro atoms. The Hall–Kier alpha value is -1.99. The molecular formula is C22H24FN3OS2. The van der Waals surface area contributed by atoms with E-state index in [4.69, 9.17) is 0 Å². The maximum absolute atomic E-state index is 13.0. The predicted molar refractivity (Wildman–Crippen MR) is 118 cm³/mol. The maximum Gasteiger partial charge on any atom is 0.234 e. The molecule has 2 heterocycles. The monoisotopic (exact) mass is 429 g/mol. The number of fused-ring (bicyclic) bond motifs is 3. The van der Waals surface area contributed by atoms with Gasteiger partial charge in [-0.25, -0.2) is 14.4 Å². The number of nitrogens with zero attached hydrogens (tertiary/aromatic N) is 2. The van der Waals surface area contributed by atoms with Crippen LogP contribution in [0, 0.1) is 17.2 Å². The van der Waals surface area contributed by atoms with E-state index in [1.807, 2.05) is 0 Å². The number of rotatable bonds is 4. The number of carbonyl (C=O) groups excluding carboxylic acids is 1. The summed E-state index contributed by atoms with van der Waals surface area (Å²) in [7, 11) is 0. The average molecular weight is 430 g/mol. The number of nitrogens with one attached hydrogen (secondary N) is 1. The summed E-state index contributed by atoms with van der Waals surface area (Å²) in [6.45, 7) is 6.95. The highest BCUT2D eigenvalue weighted by molar-refractivity contribution is 8.00. The molecule has 1 N–H and O–H groups in total. The number of amides is 1. The number of halogens is 1. The molecule has 0 saturated carbocycles. The van der Waals surface area contributed by atoms with E-state index in [-0.39, 0.29) is 17.5 Å². The second-order valence-corrected chi connectivity index (χ2v) is 10.6. The Morgan fingerprint density at radius 3 is 2.76 bits per heavy atom. The molecule has 0 aliphatic heterocycles. The topological polar surface area (TPSA) is 54.9 Å². The van der Waals surface area contributed by atoms with Gasteiger partial charge in [-0.05, 0) is 60.4 Å². The van der Waals surface area contributed by atoms with Crippen molar-refractivity contribution < 1.29 is 9.18 Å². The van der Waals surface area contributed by atoms with Crippen LogP contribution in [0.1, 0.15) is 37.6 Å². The lowest BCUT2D eigenvalue weighted by atomic mass is 9.72. The highest BCUT2D eigenvalue weighted by Crippen LogP contribution is 2.44. The molecule has 1 aliphatic rings. The van der Waals surface area contributed by atoms with Crippen molar-refractivity contribution in [3.05, 3.63) is 46.9 Å². The van der Waals surface area contributed by atoms with Gasteiger partial charge < -0.3 is 5.32 Å². The highest BCUT2D eigenvalue weighted by atomic mass is 32.2. The van der Waals surface area contributed by atoms with Gasteiger partial charge in [0.05, 0.1) is 5.75 Å².